The number of ether oxygens (including phenoxy) is 1. The van der Waals surface area contributed by atoms with Gasteiger partial charge in [-0.15, -0.1) is 0 Å². The van der Waals surface area contributed by atoms with Gasteiger partial charge in [0.05, 0.1) is 6.42 Å². The number of alkyl carbamates (subject to hydrolysis) is 1. The van der Waals surface area contributed by atoms with Crippen LogP contribution in [0.15, 0.2) is 18.2 Å². The Labute approximate surface area is 209 Å². The van der Waals surface area contributed by atoms with Crippen molar-refractivity contribution < 1.29 is 23.9 Å². The number of rotatable bonds is 8. The smallest absolute Gasteiger partial charge is 0.408 e. The van der Waals surface area contributed by atoms with Crippen LogP contribution in [0.25, 0.3) is 0 Å². The van der Waals surface area contributed by atoms with Crippen LogP contribution in [0.3, 0.4) is 0 Å². The summed E-state index contributed by atoms with van der Waals surface area (Å²) >= 11 is 0. The van der Waals surface area contributed by atoms with Crippen LogP contribution in [0.2, 0.25) is 0 Å². The Bertz CT molecular complexity index is 944. The summed E-state index contributed by atoms with van der Waals surface area (Å²) in [7, 11) is 0. The molecular weight excluding hydrogens is 448 g/mol. The van der Waals surface area contributed by atoms with Gasteiger partial charge in [-0.05, 0) is 85.9 Å². The molecule has 0 saturated heterocycles. The molecule has 0 saturated carbocycles. The van der Waals surface area contributed by atoms with Crippen LogP contribution in [0.1, 0.15) is 84.5 Å². The van der Waals surface area contributed by atoms with Gasteiger partial charge >= 0.3 is 6.09 Å². The third kappa shape index (κ3) is 9.58. The van der Waals surface area contributed by atoms with E-state index in [1.807, 2.05) is 52.8 Å². The lowest BCUT2D eigenvalue weighted by Crippen LogP contribution is -2.57. The second-order valence-corrected chi connectivity index (χ2v) is 11.2. The Kier molecular flexibility index (Phi) is 9.88. The average Bonchev–Trinajstić information content (AvgIpc) is 2.63. The maximum Gasteiger partial charge on any atom is 0.408 e. The third-order valence-electron chi connectivity index (χ3n) is 5.08. The van der Waals surface area contributed by atoms with E-state index in [0.717, 1.165) is 11.1 Å². The quantitative estimate of drug-likeness (QED) is 0.515. The van der Waals surface area contributed by atoms with Crippen molar-refractivity contribution in [3.05, 3.63) is 34.9 Å². The first-order valence-corrected chi connectivity index (χ1v) is 11.8. The van der Waals surface area contributed by atoms with E-state index in [1.54, 1.807) is 34.6 Å². The first-order chi connectivity index (χ1) is 15.8. The largest absolute Gasteiger partial charge is 0.444 e. The predicted molar refractivity (Wildman–Crippen MR) is 136 cm³/mol. The molecule has 1 aromatic carbocycles. The molecule has 0 fully saturated rings. The lowest BCUT2D eigenvalue weighted by molar-refractivity contribution is -0.146. The number of nitrogens with zero attached hydrogens (tertiary/aromatic N) is 1. The molecule has 2 atom stereocenters. The number of primary amides is 1. The SMILES string of the molecule is Cc1ccc(C(C(=O)NC(C)(C)C)N(C(=O)C(CC(N)=O)NC(=O)OC(C)(C)C)C(C)C)cc1C. The van der Waals surface area contributed by atoms with Crippen molar-refractivity contribution in [2.24, 2.45) is 5.73 Å². The maximum atomic E-state index is 13.8. The fourth-order valence-corrected chi connectivity index (χ4v) is 3.52. The van der Waals surface area contributed by atoms with Gasteiger partial charge < -0.3 is 26.0 Å². The van der Waals surface area contributed by atoms with E-state index in [1.165, 1.54) is 4.90 Å². The van der Waals surface area contributed by atoms with Gasteiger partial charge in [0.1, 0.15) is 17.7 Å². The van der Waals surface area contributed by atoms with Crippen molar-refractivity contribution in [2.45, 2.75) is 105 Å². The first kappa shape index (κ1) is 29.9. The summed E-state index contributed by atoms with van der Waals surface area (Å²) in [5.41, 5.74) is 6.66. The van der Waals surface area contributed by atoms with Crippen LogP contribution in [-0.2, 0) is 19.1 Å². The monoisotopic (exact) mass is 490 g/mol. The van der Waals surface area contributed by atoms with Crippen molar-refractivity contribution in [1.82, 2.24) is 15.5 Å². The molecule has 4 amide bonds. The van der Waals surface area contributed by atoms with Crippen molar-refractivity contribution >= 4 is 23.8 Å². The molecular formula is C26H42N4O5. The minimum Gasteiger partial charge on any atom is -0.444 e. The fraction of sp³-hybridized carbons (Fsp3) is 0.615. The molecule has 9 nitrogen and oxygen atoms in total. The second-order valence-electron chi connectivity index (χ2n) is 11.2. The lowest BCUT2D eigenvalue weighted by atomic mass is 9.96. The number of amides is 4. The van der Waals surface area contributed by atoms with Crippen molar-refractivity contribution in [3.8, 4) is 0 Å². The number of nitrogens with one attached hydrogen (secondary N) is 2. The highest BCUT2D eigenvalue weighted by atomic mass is 16.6. The maximum absolute atomic E-state index is 13.8. The molecule has 9 heteroatoms. The number of benzene rings is 1. The highest BCUT2D eigenvalue weighted by Crippen LogP contribution is 2.28. The molecule has 0 bridgehead atoms. The molecule has 1 rings (SSSR count). The van der Waals surface area contributed by atoms with Crippen LogP contribution in [0, 0.1) is 13.8 Å². The molecule has 4 N–H and O–H groups in total. The predicted octanol–water partition coefficient (Wildman–Crippen LogP) is 3.26. The van der Waals surface area contributed by atoms with Gasteiger partial charge in [-0.2, -0.15) is 0 Å². The van der Waals surface area contributed by atoms with Gasteiger partial charge in [-0.25, -0.2) is 4.79 Å². The van der Waals surface area contributed by atoms with Gasteiger partial charge in [-0.3, -0.25) is 14.4 Å². The van der Waals surface area contributed by atoms with Gasteiger partial charge in [0, 0.05) is 11.6 Å². The van der Waals surface area contributed by atoms with E-state index >= 15 is 0 Å². The zero-order chi connectivity index (χ0) is 27.3. The first-order valence-electron chi connectivity index (χ1n) is 11.8. The number of carbonyl (C=O) groups is 4. The van der Waals surface area contributed by atoms with Crippen molar-refractivity contribution in [1.29, 1.82) is 0 Å². The number of hydrogen-bond acceptors (Lipinski definition) is 5. The summed E-state index contributed by atoms with van der Waals surface area (Å²) in [4.78, 5) is 53.0. The Morgan fingerprint density at radius 2 is 1.57 bits per heavy atom. The summed E-state index contributed by atoms with van der Waals surface area (Å²) in [6.07, 6.45) is -1.30. The van der Waals surface area contributed by atoms with Gasteiger partial charge in [0.15, 0.2) is 0 Å². The van der Waals surface area contributed by atoms with Gasteiger partial charge in [-0.1, -0.05) is 18.2 Å². The van der Waals surface area contributed by atoms with E-state index in [2.05, 4.69) is 10.6 Å². The highest BCUT2D eigenvalue weighted by molar-refractivity contribution is 5.94. The van der Waals surface area contributed by atoms with Crippen LogP contribution < -0.4 is 16.4 Å². The summed E-state index contributed by atoms with van der Waals surface area (Å²) < 4.78 is 5.28. The van der Waals surface area contributed by atoms with Gasteiger partial charge in [0.2, 0.25) is 17.7 Å². The lowest BCUT2D eigenvalue weighted by Gasteiger charge is -2.38. The fourth-order valence-electron chi connectivity index (χ4n) is 3.52. The van der Waals surface area contributed by atoms with Crippen LogP contribution in [0.5, 0.6) is 0 Å². The molecule has 0 aliphatic heterocycles. The number of nitrogens with two attached hydrogens (primary N) is 1. The third-order valence-corrected chi connectivity index (χ3v) is 5.08. The Morgan fingerprint density at radius 1 is 1.00 bits per heavy atom. The molecule has 0 aliphatic carbocycles. The Morgan fingerprint density at radius 3 is 2.00 bits per heavy atom. The Hall–Kier alpha value is -3.10. The molecule has 0 aliphatic rings. The minimum absolute atomic E-state index is 0.377. The summed E-state index contributed by atoms with van der Waals surface area (Å²) in [6, 6.07) is 2.82. The molecule has 0 heterocycles. The zero-order valence-corrected chi connectivity index (χ0v) is 22.7. The van der Waals surface area contributed by atoms with E-state index in [9.17, 15) is 19.2 Å². The molecule has 2 unspecified atom stereocenters. The molecule has 196 valence electrons. The van der Waals surface area contributed by atoms with E-state index in [0.29, 0.717) is 5.56 Å². The number of hydrogen-bond donors (Lipinski definition) is 3. The molecule has 0 radical (unpaired) electrons. The molecule has 0 spiro atoms. The van der Waals surface area contributed by atoms with E-state index in [-0.39, 0.29) is 5.91 Å². The molecule has 0 aromatic heterocycles. The Balaban J connectivity index is 3.56. The highest BCUT2D eigenvalue weighted by Gasteiger charge is 2.39. The normalized spacial score (nSPS) is 13.6. The van der Waals surface area contributed by atoms with E-state index < -0.39 is 53.6 Å². The van der Waals surface area contributed by atoms with Crippen LogP contribution in [0.4, 0.5) is 4.79 Å². The molecule has 1 aromatic rings. The minimum atomic E-state index is -1.30. The average molecular weight is 491 g/mol. The molecule has 35 heavy (non-hydrogen) atoms. The summed E-state index contributed by atoms with van der Waals surface area (Å²) in [6.45, 7) is 18.0. The zero-order valence-electron chi connectivity index (χ0n) is 22.7. The van der Waals surface area contributed by atoms with E-state index in [4.69, 9.17) is 10.5 Å². The van der Waals surface area contributed by atoms with Gasteiger partial charge in [0.25, 0.3) is 0 Å². The van der Waals surface area contributed by atoms with Crippen molar-refractivity contribution in [2.75, 3.05) is 0 Å². The van der Waals surface area contributed by atoms with Crippen LogP contribution >= 0.6 is 0 Å². The number of aryl methyl sites for hydroxylation is 2. The number of carbonyl (C=O) groups excluding carboxylic acids is 4. The second kappa shape index (κ2) is 11.6. The summed E-state index contributed by atoms with van der Waals surface area (Å²) in [5.74, 6) is -1.76. The standard InChI is InChI=1S/C26H42N4O5/c1-15(2)30(23(33)19(14-20(27)31)28-24(34)35-26(8,9)10)21(22(32)29-25(5,6)7)18-12-11-16(3)17(4)13-18/h11-13,15,19,21H,14H2,1-10H3,(H2,27,31)(H,28,34)(H,29,32). The van der Waals surface area contributed by atoms with Crippen molar-refractivity contribution in [3.63, 3.8) is 0 Å². The van der Waals surface area contributed by atoms with Crippen LogP contribution in [-0.4, -0.2) is 51.9 Å². The summed E-state index contributed by atoms with van der Waals surface area (Å²) in [5, 5.41) is 5.43. The topological polar surface area (TPSA) is 131 Å².